The second-order valence-corrected chi connectivity index (χ2v) is 6.31. The van der Waals surface area contributed by atoms with E-state index in [2.05, 4.69) is 10.9 Å². The minimum atomic E-state index is -0.392. The number of hydrogen-bond acceptors (Lipinski definition) is 7. The van der Waals surface area contributed by atoms with Crippen molar-refractivity contribution >= 4 is 5.97 Å². The minimum Gasteiger partial charge on any atom is -0.507 e. The van der Waals surface area contributed by atoms with Gasteiger partial charge in [-0.15, -0.1) is 0 Å². The molecule has 0 aromatic heterocycles. The van der Waals surface area contributed by atoms with Gasteiger partial charge in [-0.25, -0.2) is 10.2 Å². The van der Waals surface area contributed by atoms with Crippen LogP contribution in [-0.2, 0) is 4.74 Å². The number of phenols is 1. The van der Waals surface area contributed by atoms with Gasteiger partial charge in [0.2, 0.25) is 0 Å². The Labute approximate surface area is 158 Å². The Bertz CT molecular complexity index is 793. The summed E-state index contributed by atoms with van der Waals surface area (Å²) in [6.45, 7) is 4.42. The number of hydrogen-bond donors (Lipinski definition) is 3. The third kappa shape index (κ3) is 4.15. The highest BCUT2D eigenvalue weighted by atomic mass is 16.5. The molecule has 3 rings (SSSR count). The van der Waals surface area contributed by atoms with Crippen LogP contribution in [0.3, 0.4) is 0 Å². The number of hydrazine groups is 1. The van der Waals surface area contributed by atoms with Gasteiger partial charge in [-0.2, -0.15) is 0 Å². The number of carbonyl (C=O) groups excluding carboxylic acids is 1. The molecule has 1 fully saturated rings. The van der Waals surface area contributed by atoms with Gasteiger partial charge >= 0.3 is 5.97 Å². The maximum absolute atomic E-state index is 11.5. The van der Waals surface area contributed by atoms with E-state index in [1.54, 1.807) is 30.3 Å². The zero-order valence-electron chi connectivity index (χ0n) is 15.6. The Balaban J connectivity index is 1.78. The smallest absolute Gasteiger partial charge is 0.337 e. The molecular formula is C20H24N2O5. The Kier molecular flexibility index (Phi) is 5.83. The van der Waals surface area contributed by atoms with Crippen LogP contribution in [0.4, 0.5) is 0 Å². The monoisotopic (exact) mass is 372 g/mol. The number of nitrogens with one attached hydrogen (secondary N) is 2. The Morgan fingerprint density at radius 2 is 1.81 bits per heavy atom. The summed E-state index contributed by atoms with van der Waals surface area (Å²) in [5, 5.41) is 10.4. The first-order valence-corrected chi connectivity index (χ1v) is 8.85. The highest BCUT2D eigenvalue weighted by molar-refractivity contribution is 5.89. The predicted octanol–water partition coefficient (Wildman–Crippen LogP) is 2.56. The van der Waals surface area contributed by atoms with Gasteiger partial charge in [0.05, 0.1) is 31.4 Å². The quantitative estimate of drug-likeness (QED) is 0.672. The summed E-state index contributed by atoms with van der Waals surface area (Å²) in [6.07, 6.45) is -0.266. The maximum Gasteiger partial charge on any atom is 0.337 e. The van der Waals surface area contributed by atoms with Gasteiger partial charge in [0.1, 0.15) is 23.4 Å². The minimum absolute atomic E-state index is 0.00116. The molecule has 0 bridgehead atoms. The van der Waals surface area contributed by atoms with Crippen LogP contribution in [-0.4, -0.2) is 36.9 Å². The number of carbonyl (C=O) groups is 1. The van der Waals surface area contributed by atoms with Crippen LogP contribution in [0.1, 0.15) is 35.8 Å². The van der Waals surface area contributed by atoms with Gasteiger partial charge in [0.25, 0.3) is 0 Å². The molecule has 1 aliphatic rings. The van der Waals surface area contributed by atoms with Crippen LogP contribution in [0.25, 0.3) is 0 Å². The summed E-state index contributed by atoms with van der Waals surface area (Å²) in [5.41, 5.74) is 7.50. The van der Waals surface area contributed by atoms with Crippen molar-refractivity contribution in [3.05, 3.63) is 53.6 Å². The molecule has 144 valence electrons. The molecule has 2 aromatic rings. The molecule has 7 nitrogen and oxygen atoms in total. The van der Waals surface area contributed by atoms with Crippen LogP contribution in [0.2, 0.25) is 0 Å². The topological polar surface area (TPSA) is 89.0 Å². The lowest BCUT2D eigenvalue weighted by molar-refractivity contribution is 0.0600. The molecular weight excluding hydrogens is 348 g/mol. The molecule has 0 saturated carbocycles. The lowest BCUT2D eigenvalue weighted by Crippen LogP contribution is -2.33. The van der Waals surface area contributed by atoms with E-state index >= 15 is 0 Å². The standard InChI is InChI=1S/C20H24N2O5/c1-4-26-15-9-10-16(17(23)11-15)18-19(12(2)21-22-18)27-14-7-5-13(6-8-14)20(24)25-3/h5-12,18-19,21-23H,4H2,1-3H3. The van der Waals surface area contributed by atoms with Crippen molar-refractivity contribution in [1.29, 1.82) is 0 Å². The van der Waals surface area contributed by atoms with E-state index in [9.17, 15) is 9.90 Å². The number of aromatic hydroxyl groups is 1. The normalized spacial score (nSPS) is 21.7. The molecule has 1 aliphatic heterocycles. The van der Waals surface area contributed by atoms with E-state index in [0.29, 0.717) is 29.2 Å². The average molecular weight is 372 g/mol. The maximum atomic E-state index is 11.5. The fourth-order valence-corrected chi connectivity index (χ4v) is 3.09. The van der Waals surface area contributed by atoms with Crippen LogP contribution >= 0.6 is 0 Å². The van der Waals surface area contributed by atoms with Gasteiger partial charge in [-0.3, -0.25) is 5.43 Å². The molecule has 1 saturated heterocycles. The fraction of sp³-hybridized carbons (Fsp3) is 0.350. The van der Waals surface area contributed by atoms with Crippen LogP contribution in [0.15, 0.2) is 42.5 Å². The van der Waals surface area contributed by atoms with Crippen molar-refractivity contribution in [1.82, 2.24) is 10.9 Å². The molecule has 3 atom stereocenters. The van der Waals surface area contributed by atoms with Gasteiger partial charge in [0.15, 0.2) is 0 Å². The number of methoxy groups -OCH3 is 1. The third-order valence-corrected chi connectivity index (χ3v) is 4.48. The summed E-state index contributed by atoms with van der Waals surface area (Å²) >= 11 is 0. The molecule has 0 radical (unpaired) electrons. The van der Waals surface area contributed by atoms with Crippen molar-refractivity contribution in [2.45, 2.75) is 32.0 Å². The lowest BCUT2D eigenvalue weighted by atomic mass is 9.98. The molecule has 0 aliphatic carbocycles. The van der Waals surface area contributed by atoms with Crippen LogP contribution in [0.5, 0.6) is 17.2 Å². The van der Waals surface area contributed by atoms with Gasteiger partial charge in [-0.1, -0.05) is 0 Å². The molecule has 27 heavy (non-hydrogen) atoms. The Hall–Kier alpha value is -2.77. The molecule has 1 heterocycles. The molecule has 3 N–H and O–H groups in total. The Morgan fingerprint density at radius 3 is 2.44 bits per heavy atom. The van der Waals surface area contributed by atoms with E-state index in [1.165, 1.54) is 7.11 Å². The van der Waals surface area contributed by atoms with Gasteiger partial charge in [0, 0.05) is 11.6 Å². The van der Waals surface area contributed by atoms with Crippen molar-refractivity contribution in [2.24, 2.45) is 0 Å². The van der Waals surface area contributed by atoms with Crippen molar-refractivity contribution in [3.8, 4) is 17.2 Å². The first-order valence-electron chi connectivity index (χ1n) is 8.85. The number of ether oxygens (including phenoxy) is 3. The second-order valence-electron chi connectivity index (χ2n) is 6.31. The highest BCUT2D eigenvalue weighted by Gasteiger charge is 2.37. The molecule has 3 unspecified atom stereocenters. The number of esters is 1. The van der Waals surface area contributed by atoms with E-state index in [4.69, 9.17) is 14.2 Å². The average Bonchev–Trinajstić information content (AvgIpc) is 3.02. The first-order chi connectivity index (χ1) is 13.0. The zero-order valence-corrected chi connectivity index (χ0v) is 15.6. The van der Waals surface area contributed by atoms with Crippen molar-refractivity contribution < 1.29 is 24.1 Å². The molecule has 2 aromatic carbocycles. The number of phenolic OH excluding ortho intramolecular Hbond substituents is 1. The summed E-state index contributed by atoms with van der Waals surface area (Å²) in [5.74, 6) is 0.995. The molecule has 0 spiro atoms. The van der Waals surface area contributed by atoms with Gasteiger partial charge in [-0.05, 0) is 50.2 Å². The van der Waals surface area contributed by atoms with Crippen molar-refractivity contribution in [3.63, 3.8) is 0 Å². The molecule has 0 amide bonds. The summed E-state index contributed by atoms with van der Waals surface area (Å²) in [7, 11) is 1.35. The summed E-state index contributed by atoms with van der Waals surface area (Å²) in [6, 6.07) is 11.8. The van der Waals surface area contributed by atoms with E-state index in [-0.39, 0.29) is 23.9 Å². The fourth-order valence-electron chi connectivity index (χ4n) is 3.09. The summed E-state index contributed by atoms with van der Waals surface area (Å²) < 4.78 is 16.3. The second kappa shape index (κ2) is 8.28. The van der Waals surface area contributed by atoms with Crippen LogP contribution < -0.4 is 20.3 Å². The Morgan fingerprint density at radius 1 is 1.11 bits per heavy atom. The lowest BCUT2D eigenvalue weighted by Gasteiger charge is -2.23. The third-order valence-electron chi connectivity index (χ3n) is 4.48. The first kappa shape index (κ1) is 19.0. The van der Waals surface area contributed by atoms with E-state index in [0.717, 1.165) is 0 Å². The van der Waals surface area contributed by atoms with Crippen molar-refractivity contribution in [2.75, 3.05) is 13.7 Å². The van der Waals surface area contributed by atoms with E-state index in [1.807, 2.05) is 26.0 Å². The largest absolute Gasteiger partial charge is 0.507 e. The number of rotatable bonds is 6. The highest BCUT2D eigenvalue weighted by Crippen LogP contribution is 2.34. The van der Waals surface area contributed by atoms with E-state index < -0.39 is 5.97 Å². The zero-order chi connectivity index (χ0) is 19.4. The molecule has 7 heteroatoms. The number of benzene rings is 2. The summed E-state index contributed by atoms with van der Waals surface area (Å²) in [4.78, 5) is 11.5. The van der Waals surface area contributed by atoms with Gasteiger partial charge < -0.3 is 19.3 Å². The van der Waals surface area contributed by atoms with Crippen LogP contribution in [0, 0.1) is 0 Å². The SMILES string of the molecule is CCOc1ccc(C2NNC(C)C2Oc2ccc(C(=O)OC)cc2)c(O)c1. The predicted molar refractivity (Wildman–Crippen MR) is 99.9 cm³/mol.